The van der Waals surface area contributed by atoms with E-state index in [0.29, 0.717) is 44.9 Å². The van der Waals surface area contributed by atoms with Crippen LogP contribution in [0.25, 0.3) is 0 Å². The van der Waals surface area contributed by atoms with E-state index in [1.807, 2.05) is 0 Å². The number of carboxylic acids is 1. The second-order valence-corrected chi connectivity index (χ2v) is 26.2. The number of aliphatic carboxylic acids is 1. The van der Waals surface area contributed by atoms with Crippen molar-refractivity contribution < 1.29 is 24.3 Å². The fraction of sp³-hybridized carbons (Fsp3) is 0.921. The van der Waals surface area contributed by atoms with Crippen LogP contribution in [0.2, 0.25) is 0 Å². The van der Waals surface area contributed by atoms with Gasteiger partial charge in [0.15, 0.2) is 17.0 Å². The van der Waals surface area contributed by atoms with E-state index in [2.05, 4.69) is 46.8 Å². The van der Waals surface area contributed by atoms with Gasteiger partial charge in [-0.2, -0.15) is 0 Å². The number of carboxylic acid groups (broad SMARTS) is 1. The lowest BCUT2D eigenvalue weighted by Gasteiger charge is -2.46. The minimum absolute atomic E-state index is 0.0714. The van der Waals surface area contributed by atoms with E-state index in [1.54, 1.807) is 0 Å². The quantitative estimate of drug-likeness (QED) is 0.0372. The summed E-state index contributed by atoms with van der Waals surface area (Å²) >= 11 is 0. The highest BCUT2D eigenvalue weighted by Gasteiger charge is 2.67. The molecule has 0 heterocycles. The van der Waals surface area contributed by atoms with Gasteiger partial charge in [-0.05, 0) is 57.8 Å². The predicted molar refractivity (Wildman–Crippen MR) is 356 cm³/mol. The van der Waals surface area contributed by atoms with E-state index < -0.39 is 28.4 Å². The summed E-state index contributed by atoms with van der Waals surface area (Å²) in [5, 5.41) is 12.0. The zero-order valence-electron chi connectivity index (χ0n) is 55.8. The van der Waals surface area contributed by atoms with E-state index in [0.717, 1.165) is 103 Å². The molecule has 0 aliphatic rings. The molecule has 0 aromatic carbocycles. The van der Waals surface area contributed by atoms with Crippen molar-refractivity contribution >= 4 is 23.3 Å². The second kappa shape index (κ2) is 61.3. The molecule has 0 spiro atoms. The summed E-state index contributed by atoms with van der Waals surface area (Å²) < 4.78 is 0. The van der Waals surface area contributed by atoms with Crippen molar-refractivity contribution in [2.75, 3.05) is 0 Å². The Kier molecular flexibility index (Phi) is 60.0. The van der Waals surface area contributed by atoms with Crippen molar-refractivity contribution in [3.8, 4) is 0 Å². The molecular formula is C76H144O5. The minimum atomic E-state index is -2.33. The summed E-state index contributed by atoms with van der Waals surface area (Å²) in [5.74, 6) is -2.31. The average molecular weight is 1140 g/mol. The summed E-state index contributed by atoms with van der Waals surface area (Å²) in [4.78, 5) is 61.4. The Morgan fingerprint density at radius 1 is 0.247 bits per heavy atom. The molecule has 478 valence electrons. The van der Waals surface area contributed by atoms with Crippen LogP contribution in [-0.4, -0.2) is 28.4 Å². The van der Waals surface area contributed by atoms with Crippen LogP contribution >= 0.6 is 0 Å². The minimum Gasteiger partial charge on any atom is -0.480 e. The fourth-order valence-corrected chi connectivity index (χ4v) is 13.3. The van der Waals surface area contributed by atoms with Gasteiger partial charge in [-0.15, -0.1) is 0 Å². The molecule has 0 aromatic heterocycles. The topological polar surface area (TPSA) is 88.5 Å². The Hall–Kier alpha value is -1.78. The standard InChI is InChI=1S/C76H144O5/c1-6-11-16-21-26-31-35-37-38-39-41-45-50-55-60-65-70-75(69-64-59-54-49-44-40-36-32-27-22-17-12-7-2,71(77)66-61-56-51-47-42-33-28-23-18-13-8-3)76(74(80)81,72(78)67-62-57-52-46-30-25-20-15-10-5)73(79)68-63-58-53-48-43-34-29-24-19-14-9-4/h40,44H,6-39,41-43,45-70H2,1-5H3,(H,80,81)/b44-40-. The highest BCUT2D eigenvalue weighted by Crippen LogP contribution is 2.53. The Morgan fingerprint density at radius 2 is 0.432 bits per heavy atom. The largest absolute Gasteiger partial charge is 0.480 e. The highest BCUT2D eigenvalue weighted by atomic mass is 16.4. The third-order valence-electron chi connectivity index (χ3n) is 18.8. The number of allylic oxidation sites excluding steroid dienone is 2. The number of ketones is 3. The Balaban J connectivity index is 6.72. The molecule has 0 aliphatic heterocycles. The van der Waals surface area contributed by atoms with Gasteiger partial charge in [0, 0.05) is 19.3 Å². The molecule has 2 unspecified atom stereocenters. The van der Waals surface area contributed by atoms with Gasteiger partial charge in [0.25, 0.3) is 0 Å². The summed E-state index contributed by atoms with van der Waals surface area (Å²) in [6.45, 7) is 11.3. The van der Waals surface area contributed by atoms with Gasteiger partial charge in [0.2, 0.25) is 0 Å². The molecular weight excluding hydrogens is 993 g/mol. The van der Waals surface area contributed by atoms with Crippen LogP contribution in [0.3, 0.4) is 0 Å². The number of unbranched alkanes of at least 4 members (excludes halogenated alkanes) is 52. The first kappa shape index (κ1) is 79.2. The molecule has 0 bridgehead atoms. The van der Waals surface area contributed by atoms with Crippen molar-refractivity contribution in [3.05, 3.63) is 12.2 Å². The summed E-state index contributed by atoms with van der Waals surface area (Å²) in [6, 6.07) is 0. The monoisotopic (exact) mass is 1140 g/mol. The Morgan fingerprint density at radius 3 is 0.667 bits per heavy atom. The molecule has 0 aliphatic carbocycles. The van der Waals surface area contributed by atoms with Gasteiger partial charge in [-0.1, -0.05) is 374 Å². The third kappa shape index (κ3) is 42.7. The summed E-state index contributed by atoms with van der Waals surface area (Å²) in [5.41, 5.74) is -3.85. The molecule has 81 heavy (non-hydrogen) atoms. The number of hydrogen-bond acceptors (Lipinski definition) is 4. The molecule has 5 nitrogen and oxygen atoms in total. The van der Waals surface area contributed by atoms with Gasteiger partial charge in [-0.3, -0.25) is 19.2 Å². The Bertz CT molecular complexity index is 1400. The zero-order valence-corrected chi connectivity index (χ0v) is 55.8. The smallest absolute Gasteiger partial charge is 0.325 e. The lowest BCUT2D eigenvalue weighted by molar-refractivity contribution is -0.176. The van der Waals surface area contributed by atoms with Gasteiger partial charge in [0.05, 0.1) is 5.41 Å². The maximum Gasteiger partial charge on any atom is 0.325 e. The van der Waals surface area contributed by atoms with Crippen LogP contribution in [0, 0.1) is 10.8 Å². The van der Waals surface area contributed by atoms with Crippen molar-refractivity contribution in [2.45, 2.75) is 439 Å². The zero-order chi connectivity index (χ0) is 59.3. The Labute approximate surface area is 507 Å². The second-order valence-electron chi connectivity index (χ2n) is 26.2. The number of carbonyl (C=O) groups is 4. The molecule has 5 heteroatoms. The summed E-state index contributed by atoms with van der Waals surface area (Å²) in [7, 11) is 0. The first-order valence-electron chi connectivity index (χ1n) is 37.2. The van der Waals surface area contributed by atoms with Crippen molar-refractivity contribution in [2.24, 2.45) is 10.8 Å². The predicted octanol–water partition coefficient (Wildman–Crippen LogP) is 26.0. The lowest BCUT2D eigenvalue weighted by atomic mass is 9.51. The molecule has 0 aromatic rings. The number of hydrogen-bond donors (Lipinski definition) is 1. The lowest BCUT2D eigenvalue weighted by Crippen LogP contribution is -2.61. The molecule has 0 saturated carbocycles. The van der Waals surface area contributed by atoms with Crippen LogP contribution < -0.4 is 0 Å². The SMILES string of the molecule is CCCCCCCC/C=C\CCCCCC(CCCCCCCCCCCCCCCCCC)(C(=O)CCCCCCCCCCCCC)C(C(=O)O)(C(=O)CCCCCCCCCCC)C(=O)CCCCCCCCCCCCC. The first-order chi connectivity index (χ1) is 39.8. The van der Waals surface area contributed by atoms with Gasteiger partial charge >= 0.3 is 5.97 Å². The van der Waals surface area contributed by atoms with Crippen LogP contribution in [0.1, 0.15) is 439 Å². The van der Waals surface area contributed by atoms with Gasteiger partial charge < -0.3 is 5.11 Å². The first-order valence-corrected chi connectivity index (χ1v) is 37.2. The molecule has 0 saturated heterocycles. The molecule has 1 N–H and O–H groups in total. The fourth-order valence-electron chi connectivity index (χ4n) is 13.3. The van der Waals surface area contributed by atoms with E-state index >= 15 is 14.4 Å². The molecule has 0 radical (unpaired) electrons. The van der Waals surface area contributed by atoms with Crippen LogP contribution in [0.4, 0.5) is 0 Å². The maximum absolute atomic E-state index is 15.7. The van der Waals surface area contributed by atoms with E-state index in [4.69, 9.17) is 0 Å². The van der Waals surface area contributed by atoms with Crippen molar-refractivity contribution in [1.29, 1.82) is 0 Å². The molecule has 0 amide bonds. The van der Waals surface area contributed by atoms with Gasteiger partial charge in [0.1, 0.15) is 5.78 Å². The highest BCUT2D eigenvalue weighted by molar-refractivity contribution is 6.25. The van der Waals surface area contributed by atoms with Crippen molar-refractivity contribution in [1.82, 2.24) is 0 Å². The van der Waals surface area contributed by atoms with Crippen LogP contribution in [-0.2, 0) is 19.2 Å². The number of carbonyl (C=O) groups excluding carboxylic acids is 3. The third-order valence-corrected chi connectivity index (χ3v) is 18.8. The number of Topliss-reactive ketones (excluding diaryl/α,β-unsaturated/α-hetero) is 3. The van der Waals surface area contributed by atoms with E-state index in [1.165, 1.54) is 238 Å². The number of rotatable bonds is 69. The van der Waals surface area contributed by atoms with E-state index in [-0.39, 0.29) is 25.0 Å². The van der Waals surface area contributed by atoms with Crippen LogP contribution in [0.5, 0.6) is 0 Å². The molecule has 0 fully saturated rings. The average Bonchev–Trinajstić information content (AvgIpc) is 3.49. The maximum atomic E-state index is 15.7. The van der Waals surface area contributed by atoms with E-state index in [9.17, 15) is 9.90 Å². The summed E-state index contributed by atoms with van der Waals surface area (Å²) in [6.07, 6.45) is 73.1. The molecule has 0 rings (SSSR count). The van der Waals surface area contributed by atoms with Crippen molar-refractivity contribution in [3.63, 3.8) is 0 Å². The van der Waals surface area contributed by atoms with Crippen LogP contribution in [0.15, 0.2) is 12.2 Å². The normalized spacial score (nSPS) is 13.3. The van der Waals surface area contributed by atoms with Gasteiger partial charge in [-0.25, -0.2) is 0 Å². The molecule has 2 atom stereocenters.